The van der Waals surface area contributed by atoms with Crippen molar-refractivity contribution in [3.05, 3.63) is 34.9 Å². The molecule has 1 aromatic rings. The normalized spacial score (nSPS) is 12.9. The fraction of sp³-hybridized carbons (Fsp3) is 0.400. The smallest absolute Gasteiger partial charge is 0.122 e. The Hall–Kier alpha value is -0.930. The van der Waals surface area contributed by atoms with E-state index in [9.17, 15) is 4.39 Å². The first kappa shape index (κ1) is 10.2. The van der Waals surface area contributed by atoms with Crippen molar-refractivity contribution in [1.29, 1.82) is 0 Å². The van der Waals surface area contributed by atoms with Gasteiger partial charge in [0.15, 0.2) is 0 Å². The molecule has 0 fully saturated rings. The van der Waals surface area contributed by atoms with E-state index in [1.807, 2.05) is 13.0 Å². The molecule has 0 bridgehead atoms. The SMILES string of the molecule is Cc1ccc(C(C)F)cc1CNO. The standard InChI is InChI=1S/C10H14FNO/c1-7-3-4-9(8(2)11)5-10(7)6-12-13/h3-5,8,12-13H,6H2,1-2H3. The van der Waals surface area contributed by atoms with Crippen molar-refractivity contribution in [3.8, 4) is 0 Å². The number of hydroxylamine groups is 1. The Morgan fingerprint density at radius 1 is 1.54 bits per heavy atom. The summed E-state index contributed by atoms with van der Waals surface area (Å²) in [4.78, 5) is 0. The van der Waals surface area contributed by atoms with Gasteiger partial charge in [-0.3, -0.25) is 0 Å². The molecule has 0 amide bonds. The van der Waals surface area contributed by atoms with E-state index < -0.39 is 6.17 Å². The summed E-state index contributed by atoms with van der Waals surface area (Å²) in [6, 6.07) is 5.39. The minimum absolute atomic E-state index is 0.354. The summed E-state index contributed by atoms with van der Waals surface area (Å²) in [5, 5.41) is 8.53. The highest BCUT2D eigenvalue weighted by Crippen LogP contribution is 2.19. The first-order chi connectivity index (χ1) is 6.15. The van der Waals surface area contributed by atoms with Gasteiger partial charge in [-0.15, -0.1) is 0 Å². The molecule has 0 radical (unpaired) electrons. The summed E-state index contributed by atoms with van der Waals surface area (Å²) >= 11 is 0. The van der Waals surface area contributed by atoms with Crippen LogP contribution in [0.4, 0.5) is 4.39 Å². The third kappa shape index (κ3) is 2.50. The number of aryl methyl sites for hydroxylation is 1. The van der Waals surface area contributed by atoms with Gasteiger partial charge in [0, 0.05) is 6.54 Å². The maximum absolute atomic E-state index is 12.9. The topological polar surface area (TPSA) is 32.3 Å². The van der Waals surface area contributed by atoms with E-state index in [0.29, 0.717) is 12.1 Å². The summed E-state index contributed by atoms with van der Waals surface area (Å²) in [5.74, 6) is 0. The highest BCUT2D eigenvalue weighted by Gasteiger charge is 2.05. The van der Waals surface area contributed by atoms with Crippen LogP contribution in [0.3, 0.4) is 0 Å². The number of nitrogens with one attached hydrogen (secondary N) is 1. The quantitative estimate of drug-likeness (QED) is 0.706. The van der Waals surface area contributed by atoms with Crippen molar-refractivity contribution in [2.45, 2.75) is 26.6 Å². The van der Waals surface area contributed by atoms with E-state index in [1.165, 1.54) is 6.92 Å². The van der Waals surface area contributed by atoms with Crippen LogP contribution in [0.15, 0.2) is 18.2 Å². The summed E-state index contributed by atoms with van der Waals surface area (Å²) in [6.07, 6.45) is -0.960. The van der Waals surface area contributed by atoms with Gasteiger partial charge in [-0.25, -0.2) is 9.87 Å². The fourth-order valence-electron chi connectivity index (χ4n) is 1.21. The third-order valence-corrected chi connectivity index (χ3v) is 2.10. The van der Waals surface area contributed by atoms with Crippen LogP contribution in [0.5, 0.6) is 0 Å². The largest absolute Gasteiger partial charge is 0.316 e. The van der Waals surface area contributed by atoms with E-state index in [2.05, 4.69) is 5.48 Å². The Balaban J connectivity index is 2.97. The van der Waals surface area contributed by atoms with Crippen molar-refractivity contribution in [1.82, 2.24) is 5.48 Å². The predicted molar refractivity (Wildman–Crippen MR) is 49.3 cm³/mol. The minimum atomic E-state index is -0.960. The van der Waals surface area contributed by atoms with Crippen LogP contribution in [-0.2, 0) is 6.54 Å². The lowest BCUT2D eigenvalue weighted by molar-refractivity contribution is 0.161. The van der Waals surface area contributed by atoms with Crippen molar-refractivity contribution < 1.29 is 9.60 Å². The van der Waals surface area contributed by atoms with Crippen LogP contribution in [0.2, 0.25) is 0 Å². The Morgan fingerprint density at radius 3 is 2.77 bits per heavy atom. The van der Waals surface area contributed by atoms with Gasteiger partial charge in [-0.1, -0.05) is 18.2 Å². The zero-order valence-electron chi connectivity index (χ0n) is 7.84. The Bertz CT molecular complexity index is 286. The highest BCUT2D eigenvalue weighted by atomic mass is 19.1. The summed E-state index contributed by atoms with van der Waals surface area (Å²) in [5.41, 5.74) is 4.69. The van der Waals surface area contributed by atoms with Crippen LogP contribution in [0, 0.1) is 6.92 Å². The van der Waals surface area contributed by atoms with Gasteiger partial charge in [-0.05, 0) is 30.5 Å². The van der Waals surface area contributed by atoms with Crippen molar-refractivity contribution in [3.63, 3.8) is 0 Å². The molecule has 0 aliphatic rings. The van der Waals surface area contributed by atoms with Crippen molar-refractivity contribution in [2.24, 2.45) is 0 Å². The van der Waals surface area contributed by atoms with Gasteiger partial charge in [0.25, 0.3) is 0 Å². The molecule has 72 valence electrons. The number of hydrogen-bond acceptors (Lipinski definition) is 2. The Morgan fingerprint density at radius 2 is 2.23 bits per heavy atom. The Kier molecular flexibility index (Phi) is 3.39. The van der Waals surface area contributed by atoms with E-state index in [4.69, 9.17) is 5.21 Å². The second-order valence-corrected chi connectivity index (χ2v) is 3.14. The molecule has 0 heterocycles. The van der Waals surface area contributed by atoms with Crippen molar-refractivity contribution >= 4 is 0 Å². The van der Waals surface area contributed by atoms with E-state index >= 15 is 0 Å². The lowest BCUT2D eigenvalue weighted by Gasteiger charge is -2.08. The predicted octanol–water partition coefficient (Wildman–Crippen LogP) is 2.50. The van der Waals surface area contributed by atoms with Crippen LogP contribution < -0.4 is 5.48 Å². The number of benzene rings is 1. The van der Waals surface area contributed by atoms with E-state index in [1.54, 1.807) is 12.1 Å². The van der Waals surface area contributed by atoms with Gasteiger partial charge < -0.3 is 5.21 Å². The zero-order valence-corrected chi connectivity index (χ0v) is 7.84. The number of rotatable bonds is 3. The summed E-state index contributed by atoms with van der Waals surface area (Å²) in [6.45, 7) is 3.78. The Labute approximate surface area is 77.4 Å². The number of halogens is 1. The van der Waals surface area contributed by atoms with Gasteiger partial charge >= 0.3 is 0 Å². The molecule has 1 unspecified atom stereocenters. The molecule has 3 heteroatoms. The molecule has 1 atom stereocenters. The molecular weight excluding hydrogens is 169 g/mol. The summed E-state index contributed by atoms with van der Waals surface area (Å²) < 4.78 is 12.9. The second-order valence-electron chi connectivity index (χ2n) is 3.14. The molecule has 0 saturated carbocycles. The first-order valence-electron chi connectivity index (χ1n) is 4.25. The minimum Gasteiger partial charge on any atom is -0.316 e. The maximum Gasteiger partial charge on any atom is 0.122 e. The maximum atomic E-state index is 12.9. The van der Waals surface area contributed by atoms with Crippen LogP contribution in [0.1, 0.15) is 29.8 Å². The molecule has 0 aromatic heterocycles. The second kappa shape index (κ2) is 4.35. The summed E-state index contributed by atoms with van der Waals surface area (Å²) in [7, 11) is 0. The molecule has 2 N–H and O–H groups in total. The van der Waals surface area contributed by atoms with Crippen LogP contribution >= 0.6 is 0 Å². The molecule has 0 aliphatic carbocycles. The molecule has 2 nitrogen and oxygen atoms in total. The van der Waals surface area contributed by atoms with E-state index in [-0.39, 0.29) is 0 Å². The molecular formula is C10H14FNO. The van der Waals surface area contributed by atoms with Crippen molar-refractivity contribution in [2.75, 3.05) is 0 Å². The molecule has 1 aromatic carbocycles. The number of alkyl halides is 1. The first-order valence-corrected chi connectivity index (χ1v) is 4.25. The lowest BCUT2D eigenvalue weighted by atomic mass is 10.0. The van der Waals surface area contributed by atoms with Crippen LogP contribution in [0.25, 0.3) is 0 Å². The number of hydrogen-bond donors (Lipinski definition) is 2. The molecule has 13 heavy (non-hydrogen) atoms. The van der Waals surface area contributed by atoms with Gasteiger partial charge in [-0.2, -0.15) is 0 Å². The monoisotopic (exact) mass is 183 g/mol. The average molecular weight is 183 g/mol. The fourth-order valence-corrected chi connectivity index (χ4v) is 1.21. The average Bonchev–Trinajstić information content (AvgIpc) is 2.08. The third-order valence-electron chi connectivity index (χ3n) is 2.10. The van der Waals surface area contributed by atoms with Crippen LogP contribution in [-0.4, -0.2) is 5.21 Å². The van der Waals surface area contributed by atoms with Gasteiger partial charge in [0.1, 0.15) is 6.17 Å². The lowest BCUT2D eigenvalue weighted by Crippen LogP contribution is -2.08. The molecule has 1 rings (SSSR count). The zero-order chi connectivity index (χ0) is 9.84. The highest BCUT2D eigenvalue weighted by molar-refractivity contribution is 5.31. The molecule has 0 aliphatic heterocycles. The van der Waals surface area contributed by atoms with E-state index in [0.717, 1.165) is 11.1 Å². The molecule has 0 saturated heterocycles. The van der Waals surface area contributed by atoms with Gasteiger partial charge in [0.05, 0.1) is 0 Å². The van der Waals surface area contributed by atoms with Gasteiger partial charge in [0.2, 0.25) is 0 Å². The molecule has 0 spiro atoms.